The van der Waals surface area contributed by atoms with Crippen molar-refractivity contribution in [2.75, 3.05) is 4.90 Å². The first-order valence-corrected chi connectivity index (χ1v) is 15.6. The summed E-state index contributed by atoms with van der Waals surface area (Å²) >= 11 is 0. The Bertz CT molecular complexity index is 1850. The van der Waals surface area contributed by atoms with Crippen LogP contribution in [0.1, 0.15) is 67.9 Å². The average Bonchev–Trinajstić information content (AvgIpc) is 3.41. The molecule has 1 nitrogen and oxygen atoms in total. The molecule has 210 valence electrons. The van der Waals surface area contributed by atoms with E-state index in [4.69, 9.17) is 0 Å². The molecule has 0 N–H and O–H groups in total. The Hall–Kier alpha value is -4.62. The Morgan fingerprint density at radius 1 is 0.535 bits per heavy atom. The molecule has 5 aromatic carbocycles. The van der Waals surface area contributed by atoms with Crippen LogP contribution < -0.4 is 4.90 Å². The lowest BCUT2D eigenvalue weighted by molar-refractivity contribution is 0.659. The standard InChI is InChI=1S/C42H37N/c1-41(2)37-19-10-8-17-33(37)35-23-21-31(26-39(35)41)43(30-16-12-15-29(25-30)28-13-6-5-7-14-28)32-22-24-36-34-18-9-11-20-38(34)42(3,4)40(36)27-32/h5-24,26-27,29H,25H2,1-4H3. The molecular weight excluding hydrogens is 518 g/mol. The van der Waals surface area contributed by atoms with E-state index in [1.807, 2.05) is 0 Å². The molecule has 0 radical (unpaired) electrons. The van der Waals surface area contributed by atoms with Gasteiger partial charge in [-0.05, 0) is 86.8 Å². The minimum Gasteiger partial charge on any atom is -0.314 e. The molecule has 3 aliphatic carbocycles. The van der Waals surface area contributed by atoms with Gasteiger partial charge in [-0.1, -0.05) is 131 Å². The third kappa shape index (κ3) is 3.91. The molecule has 0 saturated carbocycles. The van der Waals surface area contributed by atoms with Crippen LogP contribution in [0.25, 0.3) is 22.3 Å². The van der Waals surface area contributed by atoms with Crippen LogP contribution in [0.5, 0.6) is 0 Å². The fraction of sp³-hybridized carbons (Fsp3) is 0.190. The van der Waals surface area contributed by atoms with Crippen molar-refractivity contribution in [1.82, 2.24) is 0 Å². The van der Waals surface area contributed by atoms with Crippen molar-refractivity contribution in [3.8, 4) is 22.3 Å². The van der Waals surface area contributed by atoms with Crippen LogP contribution in [-0.4, -0.2) is 0 Å². The summed E-state index contributed by atoms with van der Waals surface area (Å²) in [7, 11) is 0. The molecule has 5 aromatic rings. The highest BCUT2D eigenvalue weighted by Gasteiger charge is 2.38. The highest BCUT2D eigenvalue weighted by atomic mass is 15.1. The van der Waals surface area contributed by atoms with Gasteiger partial charge in [0, 0.05) is 33.8 Å². The molecule has 0 aliphatic heterocycles. The number of hydrogen-bond acceptors (Lipinski definition) is 1. The van der Waals surface area contributed by atoms with Gasteiger partial charge < -0.3 is 4.90 Å². The summed E-state index contributed by atoms with van der Waals surface area (Å²) in [5.41, 5.74) is 16.1. The molecule has 0 aromatic heterocycles. The zero-order chi connectivity index (χ0) is 29.3. The number of hydrogen-bond donors (Lipinski definition) is 0. The van der Waals surface area contributed by atoms with E-state index in [2.05, 4.69) is 166 Å². The van der Waals surface area contributed by atoms with Crippen molar-refractivity contribution >= 4 is 11.4 Å². The van der Waals surface area contributed by atoms with Gasteiger partial charge in [0.25, 0.3) is 0 Å². The normalized spacial score (nSPS) is 18.3. The Balaban J connectivity index is 1.28. The summed E-state index contributed by atoms with van der Waals surface area (Å²) in [6.45, 7) is 9.48. The molecule has 0 heterocycles. The molecule has 3 aliphatic rings. The van der Waals surface area contributed by atoms with Crippen molar-refractivity contribution in [3.63, 3.8) is 0 Å². The predicted molar refractivity (Wildman–Crippen MR) is 181 cm³/mol. The number of anilines is 2. The van der Waals surface area contributed by atoms with E-state index < -0.39 is 0 Å². The van der Waals surface area contributed by atoms with Crippen LogP contribution in [0.2, 0.25) is 0 Å². The fourth-order valence-electron chi connectivity index (χ4n) is 7.90. The number of fused-ring (bicyclic) bond motifs is 6. The van der Waals surface area contributed by atoms with Gasteiger partial charge in [0.1, 0.15) is 0 Å². The molecule has 1 heteroatoms. The van der Waals surface area contributed by atoms with E-state index in [0.29, 0.717) is 5.92 Å². The van der Waals surface area contributed by atoms with Crippen molar-refractivity contribution in [2.24, 2.45) is 0 Å². The molecule has 43 heavy (non-hydrogen) atoms. The topological polar surface area (TPSA) is 3.24 Å². The highest BCUT2D eigenvalue weighted by Crippen LogP contribution is 2.53. The lowest BCUT2D eigenvalue weighted by atomic mass is 9.82. The summed E-state index contributed by atoms with van der Waals surface area (Å²) in [6, 6.07) is 43.0. The van der Waals surface area contributed by atoms with Crippen molar-refractivity contribution in [2.45, 2.75) is 50.9 Å². The molecule has 8 rings (SSSR count). The van der Waals surface area contributed by atoms with Gasteiger partial charge in [-0.2, -0.15) is 0 Å². The van der Waals surface area contributed by atoms with E-state index in [1.54, 1.807) is 0 Å². The molecule has 0 spiro atoms. The van der Waals surface area contributed by atoms with Gasteiger partial charge in [0.2, 0.25) is 0 Å². The molecule has 1 atom stereocenters. The minimum absolute atomic E-state index is 0.0530. The van der Waals surface area contributed by atoms with Crippen LogP contribution in [0.3, 0.4) is 0 Å². The van der Waals surface area contributed by atoms with Crippen LogP contribution in [0.4, 0.5) is 11.4 Å². The van der Waals surface area contributed by atoms with E-state index in [-0.39, 0.29) is 10.8 Å². The molecule has 0 fully saturated rings. The third-order valence-corrected chi connectivity index (χ3v) is 10.2. The SMILES string of the molecule is CC1(C)c2ccccc2-c2ccc(N(C3=CC=CC(c4ccccc4)C3)c3ccc4c(c3)C(C)(C)c3ccccc3-4)cc21. The van der Waals surface area contributed by atoms with Crippen molar-refractivity contribution in [3.05, 3.63) is 167 Å². The summed E-state index contributed by atoms with van der Waals surface area (Å²) in [5, 5.41) is 0. The summed E-state index contributed by atoms with van der Waals surface area (Å²) in [4.78, 5) is 2.53. The smallest absolute Gasteiger partial charge is 0.0461 e. The first kappa shape index (κ1) is 26.0. The summed E-state index contributed by atoms with van der Waals surface area (Å²) in [5.74, 6) is 0.342. The number of rotatable bonds is 4. The molecule has 1 unspecified atom stereocenters. The summed E-state index contributed by atoms with van der Waals surface area (Å²) in [6.07, 6.45) is 7.87. The third-order valence-electron chi connectivity index (χ3n) is 10.2. The van der Waals surface area contributed by atoms with E-state index in [1.165, 1.54) is 67.1 Å². The maximum atomic E-state index is 2.53. The van der Waals surface area contributed by atoms with Gasteiger partial charge in [0.15, 0.2) is 0 Å². The fourth-order valence-corrected chi connectivity index (χ4v) is 7.90. The van der Waals surface area contributed by atoms with E-state index in [0.717, 1.165) is 6.42 Å². The van der Waals surface area contributed by atoms with Gasteiger partial charge >= 0.3 is 0 Å². The Labute approximate surface area is 255 Å². The quantitative estimate of drug-likeness (QED) is 0.213. The van der Waals surface area contributed by atoms with Crippen LogP contribution in [0, 0.1) is 0 Å². The van der Waals surface area contributed by atoms with Crippen LogP contribution in [-0.2, 0) is 10.8 Å². The zero-order valence-electron chi connectivity index (χ0n) is 25.4. The first-order valence-electron chi connectivity index (χ1n) is 15.6. The highest BCUT2D eigenvalue weighted by molar-refractivity contribution is 5.86. The van der Waals surface area contributed by atoms with Gasteiger partial charge in [-0.15, -0.1) is 0 Å². The van der Waals surface area contributed by atoms with Gasteiger partial charge in [-0.3, -0.25) is 0 Å². The molecule has 0 amide bonds. The second-order valence-electron chi connectivity index (χ2n) is 13.4. The van der Waals surface area contributed by atoms with E-state index in [9.17, 15) is 0 Å². The lowest BCUT2D eigenvalue weighted by Crippen LogP contribution is -2.22. The monoisotopic (exact) mass is 555 g/mol. The van der Waals surface area contributed by atoms with E-state index >= 15 is 0 Å². The second kappa shape index (κ2) is 9.44. The zero-order valence-corrected chi connectivity index (χ0v) is 25.4. The average molecular weight is 556 g/mol. The molecular formula is C42H37N. The lowest BCUT2D eigenvalue weighted by Gasteiger charge is -2.33. The van der Waals surface area contributed by atoms with Crippen LogP contribution >= 0.6 is 0 Å². The maximum Gasteiger partial charge on any atom is 0.0461 e. The summed E-state index contributed by atoms with van der Waals surface area (Å²) < 4.78 is 0. The number of benzene rings is 5. The van der Waals surface area contributed by atoms with Crippen molar-refractivity contribution in [1.29, 1.82) is 0 Å². The Kier molecular flexibility index (Phi) is 5.72. The molecule has 0 bridgehead atoms. The Morgan fingerprint density at radius 2 is 1.02 bits per heavy atom. The largest absolute Gasteiger partial charge is 0.314 e. The van der Waals surface area contributed by atoms with Gasteiger partial charge in [-0.25, -0.2) is 0 Å². The van der Waals surface area contributed by atoms with Crippen LogP contribution in [0.15, 0.2) is 139 Å². The first-order chi connectivity index (χ1) is 20.8. The number of allylic oxidation sites excluding steroid dienone is 4. The van der Waals surface area contributed by atoms with Gasteiger partial charge in [0.05, 0.1) is 0 Å². The number of nitrogens with zero attached hydrogens (tertiary/aromatic N) is 1. The maximum absolute atomic E-state index is 2.53. The molecule has 0 saturated heterocycles. The minimum atomic E-state index is -0.0530. The second-order valence-corrected chi connectivity index (χ2v) is 13.4. The van der Waals surface area contributed by atoms with Crippen molar-refractivity contribution < 1.29 is 0 Å². The predicted octanol–water partition coefficient (Wildman–Crippen LogP) is 11.1. The Morgan fingerprint density at radius 3 is 1.58 bits per heavy atom.